The smallest absolute Gasteiger partial charge is 0.129 e. The number of aromatic nitrogens is 2. The Balaban J connectivity index is 1.79. The molecular weight excluding hydrogens is 298 g/mol. The van der Waals surface area contributed by atoms with Gasteiger partial charge in [0.2, 0.25) is 0 Å². The molecule has 1 heterocycles. The maximum absolute atomic E-state index is 5.13. The van der Waals surface area contributed by atoms with Gasteiger partial charge < -0.3 is 10.1 Å². The predicted octanol–water partition coefficient (Wildman–Crippen LogP) is 3.87. The highest BCUT2D eigenvalue weighted by Gasteiger charge is 2.14. The lowest BCUT2D eigenvalue weighted by Crippen LogP contribution is -2.15. The summed E-state index contributed by atoms with van der Waals surface area (Å²) in [5.41, 5.74) is 3.43. The monoisotopic (exact) mass is 319 g/mol. The molecule has 4 heteroatoms. The quantitative estimate of drug-likeness (QED) is 0.718. The number of ether oxygens (including phenoxy) is 1. The standard InChI is InChI=1S/C20H21N3O/c1-24-14-18-12-20(23-15-22-18)21-13-19(16-8-4-2-5-9-16)17-10-6-3-7-11-17/h2-12,15,19H,13-14H2,1H3,(H,21,22,23). The number of benzene rings is 2. The average Bonchev–Trinajstić information content (AvgIpc) is 2.64. The van der Waals surface area contributed by atoms with E-state index in [9.17, 15) is 0 Å². The van der Waals surface area contributed by atoms with Crippen LogP contribution in [0.25, 0.3) is 0 Å². The van der Waals surface area contributed by atoms with Crippen LogP contribution in [0.5, 0.6) is 0 Å². The third kappa shape index (κ3) is 4.18. The van der Waals surface area contributed by atoms with Crippen LogP contribution in [0.15, 0.2) is 73.1 Å². The van der Waals surface area contributed by atoms with Crippen LogP contribution in [0.2, 0.25) is 0 Å². The lowest BCUT2D eigenvalue weighted by molar-refractivity contribution is 0.181. The second-order valence-corrected chi connectivity index (χ2v) is 5.58. The lowest BCUT2D eigenvalue weighted by atomic mass is 9.91. The van der Waals surface area contributed by atoms with E-state index >= 15 is 0 Å². The van der Waals surface area contributed by atoms with Crippen molar-refractivity contribution in [3.8, 4) is 0 Å². The van der Waals surface area contributed by atoms with Gasteiger partial charge in [0.25, 0.3) is 0 Å². The first-order valence-electron chi connectivity index (χ1n) is 8.00. The van der Waals surface area contributed by atoms with Crippen LogP contribution >= 0.6 is 0 Å². The zero-order valence-electron chi connectivity index (χ0n) is 13.7. The van der Waals surface area contributed by atoms with E-state index in [0.29, 0.717) is 6.61 Å². The number of nitrogens with zero attached hydrogens (tertiary/aromatic N) is 2. The third-order valence-corrected chi connectivity index (χ3v) is 3.91. The topological polar surface area (TPSA) is 47.0 Å². The summed E-state index contributed by atoms with van der Waals surface area (Å²) >= 11 is 0. The van der Waals surface area contributed by atoms with E-state index in [-0.39, 0.29) is 5.92 Å². The first kappa shape index (κ1) is 16.1. The van der Waals surface area contributed by atoms with Crippen LogP contribution in [0.1, 0.15) is 22.7 Å². The van der Waals surface area contributed by atoms with Gasteiger partial charge in [-0.15, -0.1) is 0 Å². The van der Waals surface area contributed by atoms with Crippen molar-refractivity contribution in [1.29, 1.82) is 0 Å². The molecule has 0 atom stereocenters. The van der Waals surface area contributed by atoms with Crippen LogP contribution in [-0.2, 0) is 11.3 Å². The second-order valence-electron chi connectivity index (χ2n) is 5.58. The Bertz CT molecular complexity index is 708. The van der Waals surface area contributed by atoms with Gasteiger partial charge in [-0.1, -0.05) is 60.7 Å². The molecule has 0 saturated carbocycles. The summed E-state index contributed by atoms with van der Waals surface area (Å²) in [5, 5.41) is 3.43. The molecule has 0 aliphatic rings. The van der Waals surface area contributed by atoms with Gasteiger partial charge in [-0.2, -0.15) is 0 Å². The third-order valence-electron chi connectivity index (χ3n) is 3.91. The zero-order valence-corrected chi connectivity index (χ0v) is 13.7. The van der Waals surface area contributed by atoms with Gasteiger partial charge in [-0.25, -0.2) is 9.97 Å². The van der Waals surface area contributed by atoms with Crippen LogP contribution in [0, 0.1) is 0 Å². The summed E-state index contributed by atoms with van der Waals surface area (Å²) in [6.45, 7) is 1.25. The molecule has 3 rings (SSSR count). The number of nitrogens with one attached hydrogen (secondary N) is 1. The summed E-state index contributed by atoms with van der Waals surface area (Å²) in [6, 6.07) is 23.0. The highest BCUT2D eigenvalue weighted by atomic mass is 16.5. The molecule has 2 aromatic carbocycles. The Morgan fingerprint density at radius 2 is 1.54 bits per heavy atom. The first-order valence-corrected chi connectivity index (χ1v) is 8.00. The van der Waals surface area contributed by atoms with E-state index in [1.807, 2.05) is 18.2 Å². The van der Waals surface area contributed by atoms with Crippen molar-refractivity contribution < 1.29 is 4.74 Å². The average molecular weight is 319 g/mol. The van der Waals surface area contributed by atoms with Crippen molar-refractivity contribution in [2.45, 2.75) is 12.5 Å². The number of methoxy groups -OCH3 is 1. The predicted molar refractivity (Wildman–Crippen MR) is 96.0 cm³/mol. The van der Waals surface area contributed by atoms with E-state index in [1.165, 1.54) is 11.1 Å². The Hall–Kier alpha value is -2.72. The Labute approximate surface area is 142 Å². The molecule has 0 saturated heterocycles. The maximum atomic E-state index is 5.13. The molecular formula is C20H21N3O. The van der Waals surface area contributed by atoms with Gasteiger partial charge in [-0.3, -0.25) is 0 Å². The fourth-order valence-corrected chi connectivity index (χ4v) is 2.73. The van der Waals surface area contributed by atoms with Crippen molar-refractivity contribution in [3.63, 3.8) is 0 Å². The normalized spacial score (nSPS) is 10.8. The fraction of sp³-hybridized carbons (Fsp3) is 0.200. The lowest BCUT2D eigenvalue weighted by Gasteiger charge is -2.19. The van der Waals surface area contributed by atoms with E-state index < -0.39 is 0 Å². The van der Waals surface area contributed by atoms with Crippen LogP contribution in [0.3, 0.4) is 0 Å². The Morgan fingerprint density at radius 3 is 2.12 bits per heavy atom. The van der Waals surface area contributed by atoms with Gasteiger partial charge in [0.05, 0.1) is 12.3 Å². The Kier molecular flexibility index (Phi) is 5.53. The van der Waals surface area contributed by atoms with Crippen molar-refractivity contribution >= 4 is 5.82 Å². The summed E-state index contributed by atoms with van der Waals surface area (Å²) in [4.78, 5) is 8.50. The van der Waals surface area contributed by atoms with Crippen LogP contribution < -0.4 is 5.32 Å². The molecule has 0 fully saturated rings. The molecule has 0 aliphatic heterocycles. The summed E-state index contributed by atoms with van der Waals surface area (Å²) < 4.78 is 5.13. The van der Waals surface area contributed by atoms with E-state index in [0.717, 1.165) is 18.1 Å². The van der Waals surface area contributed by atoms with Crippen molar-refractivity contribution in [2.24, 2.45) is 0 Å². The number of hydrogen-bond donors (Lipinski definition) is 1. The molecule has 0 amide bonds. The van der Waals surface area contributed by atoms with E-state index in [2.05, 4.69) is 63.8 Å². The molecule has 1 N–H and O–H groups in total. The second kappa shape index (κ2) is 8.22. The van der Waals surface area contributed by atoms with E-state index in [1.54, 1.807) is 13.4 Å². The number of anilines is 1. The van der Waals surface area contributed by atoms with Crippen molar-refractivity contribution in [2.75, 3.05) is 19.0 Å². The minimum Gasteiger partial charge on any atom is -0.378 e. The molecule has 0 radical (unpaired) electrons. The number of hydrogen-bond acceptors (Lipinski definition) is 4. The van der Waals surface area contributed by atoms with Gasteiger partial charge in [0.15, 0.2) is 0 Å². The molecule has 0 spiro atoms. The Morgan fingerprint density at radius 1 is 0.917 bits per heavy atom. The van der Waals surface area contributed by atoms with Gasteiger partial charge in [-0.05, 0) is 11.1 Å². The minimum absolute atomic E-state index is 0.258. The summed E-state index contributed by atoms with van der Waals surface area (Å²) in [5.74, 6) is 1.07. The largest absolute Gasteiger partial charge is 0.378 e. The highest BCUT2D eigenvalue weighted by Crippen LogP contribution is 2.24. The summed E-state index contributed by atoms with van der Waals surface area (Å²) in [6.07, 6.45) is 1.57. The molecule has 24 heavy (non-hydrogen) atoms. The molecule has 0 unspecified atom stereocenters. The van der Waals surface area contributed by atoms with E-state index in [4.69, 9.17) is 4.74 Å². The minimum atomic E-state index is 0.258. The molecule has 1 aromatic heterocycles. The van der Waals surface area contributed by atoms with Gasteiger partial charge in [0, 0.05) is 25.6 Å². The molecule has 4 nitrogen and oxygen atoms in total. The molecule has 122 valence electrons. The van der Waals surface area contributed by atoms with Gasteiger partial charge in [0.1, 0.15) is 12.1 Å². The first-order chi connectivity index (χ1) is 11.9. The molecule has 3 aromatic rings. The fourth-order valence-electron chi connectivity index (χ4n) is 2.73. The molecule has 0 aliphatic carbocycles. The van der Waals surface area contributed by atoms with Crippen molar-refractivity contribution in [3.05, 3.63) is 89.9 Å². The highest BCUT2D eigenvalue weighted by molar-refractivity contribution is 5.39. The maximum Gasteiger partial charge on any atom is 0.129 e. The summed E-state index contributed by atoms with van der Waals surface area (Å²) in [7, 11) is 1.66. The SMILES string of the molecule is COCc1cc(NCC(c2ccccc2)c2ccccc2)ncn1. The number of rotatable bonds is 7. The van der Waals surface area contributed by atoms with Crippen molar-refractivity contribution in [1.82, 2.24) is 9.97 Å². The van der Waals surface area contributed by atoms with Crippen LogP contribution in [-0.4, -0.2) is 23.6 Å². The van der Waals surface area contributed by atoms with Gasteiger partial charge >= 0.3 is 0 Å². The molecule has 0 bridgehead atoms. The zero-order chi connectivity index (χ0) is 16.6. The van der Waals surface area contributed by atoms with Crippen LogP contribution in [0.4, 0.5) is 5.82 Å².